The Kier molecular flexibility index (Phi) is 5.14. The number of rotatable bonds is 5. The van der Waals surface area contributed by atoms with E-state index in [1.165, 1.54) is 12.1 Å². The lowest BCUT2D eigenvalue weighted by molar-refractivity contribution is -0.384. The predicted octanol–water partition coefficient (Wildman–Crippen LogP) is 3.23. The van der Waals surface area contributed by atoms with Crippen molar-refractivity contribution in [1.82, 2.24) is 4.90 Å². The van der Waals surface area contributed by atoms with Crippen molar-refractivity contribution in [1.29, 1.82) is 0 Å². The monoisotopic (exact) mass is 393 g/mol. The lowest BCUT2D eigenvalue weighted by Crippen LogP contribution is -2.34. The zero-order valence-corrected chi connectivity index (χ0v) is 13.4. The maximum absolute atomic E-state index is 13.6. The van der Waals surface area contributed by atoms with Crippen molar-refractivity contribution in [3.05, 3.63) is 31.6 Å². The Morgan fingerprint density at radius 2 is 2.35 bits per heavy atom. The Hall–Kier alpha value is -0.960. The Morgan fingerprint density at radius 1 is 1.60 bits per heavy atom. The Labute approximate surface area is 130 Å². The Bertz CT molecular complexity index is 513. The SMILES string of the molecule is CCN1CCCC1CNc1cc(F)c(I)cc1[N+](=O)[O-]. The van der Waals surface area contributed by atoms with E-state index in [1.54, 1.807) is 22.6 Å². The molecule has 1 heterocycles. The summed E-state index contributed by atoms with van der Waals surface area (Å²) in [6, 6.07) is 2.84. The highest BCUT2D eigenvalue weighted by Gasteiger charge is 2.24. The molecule has 1 aromatic rings. The Morgan fingerprint density at radius 3 is 3.00 bits per heavy atom. The summed E-state index contributed by atoms with van der Waals surface area (Å²) in [6.45, 7) is 4.74. The minimum absolute atomic E-state index is 0.0724. The third kappa shape index (κ3) is 3.38. The first-order valence-corrected chi connectivity index (χ1v) is 7.72. The average Bonchev–Trinajstić information content (AvgIpc) is 2.86. The van der Waals surface area contributed by atoms with Gasteiger partial charge in [-0.2, -0.15) is 0 Å². The predicted molar refractivity (Wildman–Crippen MR) is 84.5 cm³/mol. The van der Waals surface area contributed by atoms with Gasteiger partial charge in [0, 0.05) is 24.7 Å². The first kappa shape index (κ1) is 15.4. The van der Waals surface area contributed by atoms with Gasteiger partial charge in [0.05, 0.1) is 8.49 Å². The molecule has 0 bridgehead atoms. The van der Waals surface area contributed by atoms with Crippen molar-refractivity contribution in [2.75, 3.05) is 25.0 Å². The smallest absolute Gasteiger partial charge is 0.293 e. The van der Waals surface area contributed by atoms with Crippen LogP contribution in [0.5, 0.6) is 0 Å². The van der Waals surface area contributed by atoms with E-state index in [1.807, 2.05) is 0 Å². The fourth-order valence-corrected chi connectivity index (χ4v) is 3.05. The van der Waals surface area contributed by atoms with Crippen LogP contribution in [0, 0.1) is 19.5 Å². The number of benzene rings is 1. The summed E-state index contributed by atoms with van der Waals surface area (Å²) in [7, 11) is 0. The number of hydrogen-bond acceptors (Lipinski definition) is 4. The van der Waals surface area contributed by atoms with Crippen LogP contribution in [0.4, 0.5) is 15.8 Å². The first-order chi connectivity index (χ1) is 9.52. The number of nitro benzene ring substituents is 1. The van der Waals surface area contributed by atoms with Crippen LogP contribution >= 0.6 is 22.6 Å². The minimum Gasteiger partial charge on any atom is -0.378 e. The van der Waals surface area contributed by atoms with Gasteiger partial charge in [-0.05, 0) is 48.5 Å². The fourth-order valence-electron chi connectivity index (χ4n) is 2.60. The summed E-state index contributed by atoms with van der Waals surface area (Å²) in [5.41, 5.74) is 0.188. The highest BCUT2D eigenvalue weighted by molar-refractivity contribution is 14.1. The third-order valence-corrected chi connectivity index (χ3v) is 4.50. The lowest BCUT2D eigenvalue weighted by Gasteiger charge is -2.23. The molecule has 1 atom stereocenters. The Balaban J connectivity index is 2.12. The van der Waals surface area contributed by atoms with Crippen LogP contribution in [0.25, 0.3) is 0 Å². The molecule has 110 valence electrons. The van der Waals surface area contributed by atoms with Gasteiger partial charge < -0.3 is 5.32 Å². The summed E-state index contributed by atoms with van der Waals surface area (Å²) in [4.78, 5) is 12.9. The van der Waals surface area contributed by atoms with Crippen LogP contribution in [-0.4, -0.2) is 35.5 Å². The van der Waals surface area contributed by atoms with E-state index in [9.17, 15) is 14.5 Å². The molecule has 1 unspecified atom stereocenters. The van der Waals surface area contributed by atoms with Crippen molar-refractivity contribution in [2.24, 2.45) is 0 Å². The molecule has 1 aliphatic rings. The van der Waals surface area contributed by atoms with Gasteiger partial charge in [0.15, 0.2) is 0 Å². The van der Waals surface area contributed by atoms with E-state index in [0.717, 1.165) is 25.9 Å². The second-order valence-electron chi connectivity index (χ2n) is 4.85. The molecule has 20 heavy (non-hydrogen) atoms. The third-order valence-electron chi connectivity index (χ3n) is 3.67. The van der Waals surface area contributed by atoms with Gasteiger partial charge in [0.1, 0.15) is 11.5 Å². The van der Waals surface area contributed by atoms with E-state index in [-0.39, 0.29) is 14.9 Å². The van der Waals surface area contributed by atoms with Gasteiger partial charge >= 0.3 is 0 Å². The summed E-state index contributed by atoms with van der Waals surface area (Å²) in [5.74, 6) is -0.433. The topological polar surface area (TPSA) is 58.4 Å². The van der Waals surface area contributed by atoms with Crippen molar-refractivity contribution in [3.63, 3.8) is 0 Å². The molecule has 2 rings (SSSR count). The summed E-state index contributed by atoms with van der Waals surface area (Å²) >= 11 is 1.76. The van der Waals surface area contributed by atoms with E-state index in [4.69, 9.17) is 0 Å². The van der Waals surface area contributed by atoms with Gasteiger partial charge in [0.25, 0.3) is 5.69 Å². The summed E-state index contributed by atoms with van der Waals surface area (Å²) < 4.78 is 13.8. The normalized spacial score (nSPS) is 19.2. The van der Waals surface area contributed by atoms with Crippen molar-refractivity contribution >= 4 is 34.0 Å². The molecule has 0 spiro atoms. The summed E-state index contributed by atoms with van der Waals surface area (Å²) in [5, 5.41) is 14.1. The maximum atomic E-state index is 13.6. The molecule has 0 aromatic heterocycles. The van der Waals surface area contributed by atoms with Crippen LogP contribution in [-0.2, 0) is 0 Å². The van der Waals surface area contributed by atoms with E-state index >= 15 is 0 Å². The van der Waals surface area contributed by atoms with Crippen LogP contribution in [0.3, 0.4) is 0 Å². The second kappa shape index (κ2) is 6.66. The number of nitrogens with zero attached hydrogens (tertiary/aromatic N) is 2. The van der Waals surface area contributed by atoms with Crippen LogP contribution in [0.2, 0.25) is 0 Å². The quantitative estimate of drug-likeness (QED) is 0.474. The zero-order chi connectivity index (χ0) is 14.7. The molecule has 1 fully saturated rings. The number of hydrogen-bond donors (Lipinski definition) is 1. The zero-order valence-electron chi connectivity index (χ0n) is 11.2. The van der Waals surface area contributed by atoms with Crippen LogP contribution in [0.15, 0.2) is 12.1 Å². The molecule has 1 aliphatic heterocycles. The van der Waals surface area contributed by atoms with Crippen LogP contribution < -0.4 is 5.32 Å². The molecule has 1 N–H and O–H groups in total. The van der Waals surface area contributed by atoms with Gasteiger partial charge in [-0.3, -0.25) is 15.0 Å². The van der Waals surface area contributed by atoms with Gasteiger partial charge in [-0.1, -0.05) is 6.92 Å². The second-order valence-corrected chi connectivity index (χ2v) is 6.01. The molecule has 1 aromatic carbocycles. The first-order valence-electron chi connectivity index (χ1n) is 6.64. The fraction of sp³-hybridized carbons (Fsp3) is 0.538. The lowest BCUT2D eigenvalue weighted by atomic mass is 10.2. The number of likely N-dealkylation sites (N-methyl/N-ethyl adjacent to an activating group) is 1. The summed E-state index contributed by atoms with van der Waals surface area (Å²) in [6.07, 6.45) is 2.21. The molecule has 0 radical (unpaired) electrons. The largest absolute Gasteiger partial charge is 0.378 e. The van der Waals surface area contributed by atoms with Crippen LogP contribution in [0.1, 0.15) is 19.8 Å². The molecule has 5 nitrogen and oxygen atoms in total. The van der Waals surface area contributed by atoms with E-state index in [0.29, 0.717) is 12.6 Å². The number of likely N-dealkylation sites (tertiary alicyclic amines) is 1. The van der Waals surface area contributed by atoms with Gasteiger partial charge in [0.2, 0.25) is 0 Å². The maximum Gasteiger partial charge on any atom is 0.293 e. The van der Waals surface area contributed by atoms with E-state index < -0.39 is 10.7 Å². The van der Waals surface area contributed by atoms with Crippen molar-refractivity contribution in [3.8, 4) is 0 Å². The molecular formula is C13H17FIN3O2. The molecule has 1 saturated heterocycles. The molecule has 0 saturated carbocycles. The van der Waals surface area contributed by atoms with Crippen molar-refractivity contribution in [2.45, 2.75) is 25.8 Å². The molecule has 7 heteroatoms. The molecule has 0 amide bonds. The standard InChI is InChI=1S/C13H17FIN3O2/c1-2-17-5-3-4-9(17)8-16-12-6-10(14)11(15)7-13(12)18(19)20/h6-7,9,16H,2-5,8H2,1H3. The minimum atomic E-state index is -0.476. The number of halogens is 2. The molecule has 0 aliphatic carbocycles. The molecular weight excluding hydrogens is 376 g/mol. The van der Waals surface area contributed by atoms with Gasteiger partial charge in [-0.15, -0.1) is 0 Å². The van der Waals surface area contributed by atoms with E-state index in [2.05, 4.69) is 17.1 Å². The number of nitro groups is 1. The number of nitrogens with one attached hydrogen (secondary N) is 1. The highest BCUT2D eigenvalue weighted by Crippen LogP contribution is 2.29. The van der Waals surface area contributed by atoms with Gasteiger partial charge in [-0.25, -0.2) is 4.39 Å². The highest BCUT2D eigenvalue weighted by atomic mass is 127. The number of anilines is 1. The average molecular weight is 393 g/mol. The van der Waals surface area contributed by atoms with Crippen molar-refractivity contribution < 1.29 is 9.31 Å².